The Morgan fingerprint density at radius 1 is 0.897 bits per heavy atom. The number of ketones is 1. The van der Waals surface area contributed by atoms with Crippen molar-refractivity contribution in [1.29, 1.82) is 0 Å². The maximum Gasteiger partial charge on any atom is 0.163 e. The third-order valence-electron chi connectivity index (χ3n) is 5.88. The zero-order chi connectivity index (χ0) is 19.8. The van der Waals surface area contributed by atoms with E-state index in [0.717, 1.165) is 34.6 Å². The highest BCUT2D eigenvalue weighted by Gasteiger charge is 2.36. The monoisotopic (exact) mass is 381 g/mol. The summed E-state index contributed by atoms with van der Waals surface area (Å²) < 4.78 is 0. The normalized spacial score (nSPS) is 20.8. The number of nitrogens with zero attached hydrogens (tertiary/aromatic N) is 1. The lowest BCUT2D eigenvalue weighted by molar-refractivity contribution is -0.116. The van der Waals surface area contributed by atoms with E-state index in [4.69, 9.17) is 0 Å². The van der Waals surface area contributed by atoms with E-state index in [9.17, 15) is 4.79 Å². The molecule has 1 aliphatic heterocycles. The van der Waals surface area contributed by atoms with Crippen molar-refractivity contribution >= 4 is 17.2 Å². The number of benzene rings is 2. The number of pyridine rings is 1. The number of anilines is 2. The predicted molar refractivity (Wildman–Crippen MR) is 116 cm³/mol. The van der Waals surface area contributed by atoms with Gasteiger partial charge < -0.3 is 10.6 Å². The minimum absolute atomic E-state index is 0.189. The molecule has 2 aliphatic rings. The lowest BCUT2D eigenvalue weighted by Gasteiger charge is -2.29. The second-order valence-electron chi connectivity index (χ2n) is 7.87. The minimum atomic E-state index is -0.207. The summed E-state index contributed by atoms with van der Waals surface area (Å²) in [5.41, 5.74) is 7.30. The van der Waals surface area contributed by atoms with Crippen LogP contribution in [-0.2, 0) is 4.79 Å². The smallest absolute Gasteiger partial charge is 0.163 e. The van der Waals surface area contributed by atoms with Gasteiger partial charge in [0.2, 0.25) is 0 Å². The topological polar surface area (TPSA) is 54.0 Å². The zero-order valence-electron chi connectivity index (χ0n) is 16.4. The van der Waals surface area contributed by atoms with Crippen molar-refractivity contribution in [3.05, 3.63) is 101 Å². The van der Waals surface area contributed by atoms with Gasteiger partial charge in [-0.3, -0.25) is 9.78 Å². The van der Waals surface area contributed by atoms with Crippen LogP contribution >= 0.6 is 0 Å². The van der Waals surface area contributed by atoms with Crippen molar-refractivity contribution in [2.75, 3.05) is 10.6 Å². The Morgan fingerprint density at radius 2 is 1.69 bits per heavy atom. The predicted octanol–water partition coefficient (Wildman–Crippen LogP) is 5.37. The highest BCUT2D eigenvalue weighted by molar-refractivity contribution is 6.01. The molecule has 4 nitrogen and oxygen atoms in total. The number of carbonyl (C=O) groups is 1. The summed E-state index contributed by atoms with van der Waals surface area (Å²) in [4.78, 5) is 17.7. The van der Waals surface area contributed by atoms with E-state index in [2.05, 4.69) is 52.9 Å². The van der Waals surface area contributed by atoms with Gasteiger partial charge in [0.15, 0.2) is 5.78 Å². The van der Waals surface area contributed by atoms with E-state index < -0.39 is 0 Å². The summed E-state index contributed by atoms with van der Waals surface area (Å²) >= 11 is 0. The van der Waals surface area contributed by atoms with Gasteiger partial charge in [-0.1, -0.05) is 48.0 Å². The van der Waals surface area contributed by atoms with Crippen molar-refractivity contribution in [3.63, 3.8) is 0 Å². The van der Waals surface area contributed by atoms with Crippen LogP contribution in [0.1, 0.15) is 41.5 Å². The van der Waals surface area contributed by atoms with E-state index in [0.29, 0.717) is 6.42 Å². The summed E-state index contributed by atoms with van der Waals surface area (Å²) in [5.74, 6) is 0.382. The summed E-state index contributed by atoms with van der Waals surface area (Å²) in [6, 6.07) is 20.4. The van der Waals surface area contributed by atoms with Gasteiger partial charge in [-0.15, -0.1) is 0 Å². The Morgan fingerprint density at radius 3 is 2.45 bits per heavy atom. The fourth-order valence-corrected chi connectivity index (χ4v) is 4.36. The van der Waals surface area contributed by atoms with Crippen LogP contribution in [0.15, 0.2) is 84.3 Å². The number of Topliss-reactive ketones (excluding diaryl/α,β-unsaturated/α-hetero) is 1. The molecule has 2 atom stereocenters. The molecule has 29 heavy (non-hydrogen) atoms. The van der Waals surface area contributed by atoms with Crippen LogP contribution in [-0.4, -0.2) is 10.8 Å². The molecule has 2 N–H and O–H groups in total. The Kier molecular flexibility index (Phi) is 4.39. The van der Waals surface area contributed by atoms with Crippen molar-refractivity contribution in [2.45, 2.75) is 31.7 Å². The lowest BCUT2D eigenvalue weighted by Crippen LogP contribution is -2.26. The quantitative estimate of drug-likeness (QED) is 0.627. The summed E-state index contributed by atoms with van der Waals surface area (Å²) in [6.45, 7) is 2.09. The number of aromatic nitrogens is 1. The highest BCUT2D eigenvalue weighted by atomic mass is 16.1. The highest BCUT2D eigenvalue weighted by Crippen LogP contribution is 2.44. The van der Waals surface area contributed by atoms with Crippen LogP contribution in [0, 0.1) is 6.92 Å². The molecule has 4 heteroatoms. The summed E-state index contributed by atoms with van der Waals surface area (Å²) in [6.07, 6.45) is 4.95. The number of hydrogen-bond donors (Lipinski definition) is 2. The van der Waals surface area contributed by atoms with Crippen LogP contribution < -0.4 is 10.6 Å². The maximum atomic E-state index is 13.4. The van der Waals surface area contributed by atoms with Crippen molar-refractivity contribution in [1.82, 2.24) is 4.98 Å². The average molecular weight is 381 g/mol. The molecule has 0 unspecified atom stereocenters. The molecule has 0 amide bonds. The maximum absolute atomic E-state index is 13.4. The SMILES string of the molecule is Cc1ccc([C@@H]2CC(=O)C3=C(C2)Nc2ccccc2N[C@@H]3c2cccnc2)cc1. The van der Waals surface area contributed by atoms with Gasteiger partial charge in [0.25, 0.3) is 0 Å². The Balaban J connectivity index is 1.60. The molecule has 0 fully saturated rings. The summed E-state index contributed by atoms with van der Waals surface area (Å²) in [5, 5.41) is 7.16. The molecular weight excluding hydrogens is 358 g/mol. The van der Waals surface area contributed by atoms with Gasteiger partial charge in [-0.05, 0) is 48.6 Å². The van der Waals surface area contributed by atoms with Crippen LogP contribution in [0.2, 0.25) is 0 Å². The molecule has 0 bridgehead atoms. The van der Waals surface area contributed by atoms with Gasteiger partial charge >= 0.3 is 0 Å². The van der Waals surface area contributed by atoms with Gasteiger partial charge in [0.05, 0.1) is 17.4 Å². The van der Waals surface area contributed by atoms with E-state index >= 15 is 0 Å². The molecule has 5 rings (SSSR count). The van der Waals surface area contributed by atoms with Crippen LogP contribution in [0.3, 0.4) is 0 Å². The molecule has 2 aromatic carbocycles. The third-order valence-corrected chi connectivity index (χ3v) is 5.88. The first-order valence-corrected chi connectivity index (χ1v) is 10.0. The van der Waals surface area contributed by atoms with Crippen LogP contribution in [0.25, 0.3) is 0 Å². The van der Waals surface area contributed by atoms with Crippen molar-refractivity contribution in [2.24, 2.45) is 0 Å². The number of fused-ring (bicyclic) bond motifs is 1. The first-order chi connectivity index (χ1) is 14.2. The molecular formula is C25H23N3O. The molecule has 1 aromatic heterocycles. The largest absolute Gasteiger partial charge is 0.372 e. The molecule has 2 heterocycles. The summed E-state index contributed by atoms with van der Waals surface area (Å²) in [7, 11) is 0. The molecule has 0 saturated heterocycles. The number of aryl methyl sites for hydroxylation is 1. The van der Waals surface area contributed by atoms with E-state index in [1.807, 2.05) is 36.5 Å². The standard InChI is InChI=1S/C25H23N3O/c1-16-8-10-17(11-9-16)19-13-22-24(23(29)14-19)25(18-5-4-12-26-15-18)28-21-7-3-2-6-20(21)27-22/h2-12,15,19,25,27-28H,13-14H2,1H3/t19-,25+/m0/s1. The molecule has 3 aromatic rings. The Labute approximate surface area is 170 Å². The second-order valence-corrected chi connectivity index (χ2v) is 7.87. The fourth-order valence-electron chi connectivity index (χ4n) is 4.36. The zero-order valence-corrected chi connectivity index (χ0v) is 16.4. The Hall–Kier alpha value is -3.40. The fraction of sp³-hybridized carbons (Fsp3) is 0.200. The number of nitrogens with one attached hydrogen (secondary N) is 2. The number of para-hydroxylation sites is 2. The number of allylic oxidation sites excluding steroid dienone is 1. The number of hydrogen-bond acceptors (Lipinski definition) is 4. The first-order valence-electron chi connectivity index (χ1n) is 10.0. The van der Waals surface area contributed by atoms with E-state index in [1.54, 1.807) is 6.20 Å². The van der Waals surface area contributed by atoms with Crippen LogP contribution in [0.4, 0.5) is 11.4 Å². The molecule has 0 radical (unpaired) electrons. The number of carbonyl (C=O) groups excluding carboxylic acids is 1. The van der Waals surface area contributed by atoms with Gasteiger partial charge in [-0.2, -0.15) is 0 Å². The average Bonchev–Trinajstić information content (AvgIpc) is 2.92. The van der Waals surface area contributed by atoms with Gasteiger partial charge in [0, 0.05) is 30.1 Å². The van der Waals surface area contributed by atoms with Crippen molar-refractivity contribution in [3.8, 4) is 0 Å². The molecule has 0 spiro atoms. The van der Waals surface area contributed by atoms with E-state index in [-0.39, 0.29) is 17.7 Å². The Bertz CT molecular complexity index is 1090. The molecule has 0 saturated carbocycles. The molecule has 1 aliphatic carbocycles. The van der Waals surface area contributed by atoms with Crippen LogP contribution in [0.5, 0.6) is 0 Å². The van der Waals surface area contributed by atoms with Gasteiger partial charge in [-0.25, -0.2) is 0 Å². The number of rotatable bonds is 2. The van der Waals surface area contributed by atoms with Gasteiger partial charge in [0.1, 0.15) is 0 Å². The third kappa shape index (κ3) is 3.31. The molecule has 144 valence electrons. The van der Waals surface area contributed by atoms with E-state index in [1.165, 1.54) is 11.1 Å². The lowest BCUT2D eigenvalue weighted by atomic mass is 9.78. The minimum Gasteiger partial charge on any atom is -0.372 e. The second kappa shape index (κ2) is 7.21. The van der Waals surface area contributed by atoms with Crippen molar-refractivity contribution < 1.29 is 4.79 Å². The first kappa shape index (κ1) is 17.7.